The van der Waals surface area contributed by atoms with E-state index in [2.05, 4.69) is 6.92 Å². The molecule has 0 saturated heterocycles. The van der Waals surface area contributed by atoms with Crippen LogP contribution in [0.2, 0.25) is 0 Å². The van der Waals surface area contributed by atoms with Gasteiger partial charge in [0.2, 0.25) is 0 Å². The fourth-order valence-corrected chi connectivity index (χ4v) is 2.21. The zero-order chi connectivity index (χ0) is 13.8. The molecule has 100 valence electrons. The fraction of sp³-hybridized carbons (Fsp3) is 0.533. The number of benzene rings is 1. The Balaban J connectivity index is 3.01. The van der Waals surface area contributed by atoms with Crippen LogP contribution in [0.1, 0.15) is 62.4 Å². The number of phenols is 1. The summed E-state index contributed by atoms with van der Waals surface area (Å²) in [6.07, 6.45) is 4.33. The van der Waals surface area contributed by atoms with Crippen molar-refractivity contribution in [2.75, 3.05) is 0 Å². The maximum atomic E-state index is 11.0. The number of carboxylic acid groups (broad SMARTS) is 1. The normalized spacial score (nSPS) is 11.5. The first-order valence-corrected chi connectivity index (χ1v) is 6.46. The van der Waals surface area contributed by atoms with Crippen LogP contribution in [-0.2, 0) is 5.41 Å². The summed E-state index contributed by atoms with van der Waals surface area (Å²) >= 11 is 0. The highest BCUT2D eigenvalue weighted by Gasteiger charge is 2.25. The van der Waals surface area contributed by atoms with Gasteiger partial charge in [0.05, 0.1) is 0 Å². The van der Waals surface area contributed by atoms with E-state index in [1.54, 1.807) is 6.07 Å². The molecule has 1 rings (SSSR count). The van der Waals surface area contributed by atoms with Gasteiger partial charge >= 0.3 is 5.97 Å². The van der Waals surface area contributed by atoms with Gasteiger partial charge in [0.15, 0.2) is 0 Å². The molecular weight excluding hydrogens is 228 g/mol. The molecule has 0 aliphatic carbocycles. The molecule has 0 saturated carbocycles. The molecule has 1 aromatic rings. The van der Waals surface area contributed by atoms with Crippen LogP contribution in [0.5, 0.6) is 5.75 Å². The van der Waals surface area contributed by atoms with Crippen molar-refractivity contribution >= 4 is 5.97 Å². The highest BCUT2D eigenvalue weighted by molar-refractivity contribution is 5.91. The van der Waals surface area contributed by atoms with Crippen LogP contribution in [0.3, 0.4) is 0 Å². The Kier molecular flexibility index (Phi) is 4.76. The van der Waals surface area contributed by atoms with Crippen LogP contribution in [0.25, 0.3) is 0 Å². The summed E-state index contributed by atoms with van der Waals surface area (Å²) in [4.78, 5) is 11.0. The van der Waals surface area contributed by atoms with E-state index in [1.165, 1.54) is 6.07 Å². The molecular formula is C15H22O3. The summed E-state index contributed by atoms with van der Waals surface area (Å²) in [7, 11) is 0. The van der Waals surface area contributed by atoms with Gasteiger partial charge in [0, 0.05) is 5.56 Å². The number of carbonyl (C=O) groups is 1. The lowest BCUT2D eigenvalue weighted by Crippen LogP contribution is -2.18. The first-order chi connectivity index (χ1) is 8.40. The number of aromatic hydroxyl groups is 1. The summed E-state index contributed by atoms with van der Waals surface area (Å²) in [5, 5.41) is 19.1. The molecule has 18 heavy (non-hydrogen) atoms. The first-order valence-electron chi connectivity index (χ1n) is 6.46. The zero-order valence-electron chi connectivity index (χ0n) is 11.4. The minimum Gasteiger partial charge on any atom is -0.507 e. The number of rotatable bonds is 6. The van der Waals surface area contributed by atoms with E-state index in [-0.39, 0.29) is 16.7 Å². The Bertz CT molecular complexity index is 422. The van der Waals surface area contributed by atoms with Crippen LogP contribution in [0.4, 0.5) is 0 Å². The van der Waals surface area contributed by atoms with Gasteiger partial charge in [-0.2, -0.15) is 0 Å². The minimum absolute atomic E-state index is 0.0175. The van der Waals surface area contributed by atoms with Crippen molar-refractivity contribution in [3.05, 3.63) is 29.3 Å². The fourth-order valence-electron chi connectivity index (χ4n) is 2.21. The number of hydrogen-bond acceptors (Lipinski definition) is 2. The smallest absolute Gasteiger partial charge is 0.339 e. The molecule has 0 aliphatic heterocycles. The second-order valence-corrected chi connectivity index (χ2v) is 5.35. The molecule has 2 N–H and O–H groups in total. The Morgan fingerprint density at radius 2 is 1.94 bits per heavy atom. The monoisotopic (exact) mass is 250 g/mol. The highest BCUT2D eigenvalue weighted by Crippen LogP contribution is 2.36. The average molecular weight is 250 g/mol. The van der Waals surface area contributed by atoms with Crippen LogP contribution < -0.4 is 0 Å². The molecule has 3 nitrogen and oxygen atoms in total. The van der Waals surface area contributed by atoms with Crippen molar-refractivity contribution in [1.82, 2.24) is 0 Å². The molecule has 0 unspecified atom stereocenters. The van der Waals surface area contributed by atoms with Crippen molar-refractivity contribution in [3.8, 4) is 5.75 Å². The average Bonchev–Trinajstić information content (AvgIpc) is 2.28. The van der Waals surface area contributed by atoms with E-state index >= 15 is 0 Å². The maximum absolute atomic E-state index is 11.0. The van der Waals surface area contributed by atoms with E-state index in [1.807, 2.05) is 19.9 Å². The molecule has 0 aromatic heterocycles. The predicted octanol–water partition coefficient (Wildman–Crippen LogP) is 3.95. The van der Waals surface area contributed by atoms with Crippen LogP contribution in [-0.4, -0.2) is 16.2 Å². The summed E-state index contributed by atoms with van der Waals surface area (Å²) in [6, 6.07) is 4.94. The van der Waals surface area contributed by atoms with Crippen molar-refractivity contribution in [3.63, 3.8) is 0 Å². The van der Waals surface area contributed by atoms with E-state index < -0.39 is 5.97 Å². The van der Waals surface area contributed by atoms with Gasteiger partial charge in [0.25, 0.3) is 0 Å². The first kappa shape index (κ1) is 14.6. The molecule has 1 aromatic carbocycles. The van der Waals surface area contributed by atoms with Crippen LogP contribution in [0.15, 0.2) is 18.2 Å². The number of aromatic carboxylic acids is 1. The van der Waals surface area contributed by atoms with E-state index in [0.29, 0.717) is 0 Å². The number of carboxylic acids is 1. The second-order valence-electron chi connectivity index (χ2n) is 5.35. The molecule has 0 amide bonds. The Morgan fingerprint density at radius 1 is 1.28 bits per heavy atom. The van der Waals surface area contributed by atoms with Crippen molar-refractivity contribution < 1.29 is 15.0 Å². The van der Waals surface area contributed by atoms with E-state index in [9.17, 15) is 9.90 Å². The Morgan fingerprint density at radius 3 is 2.50 bits per heavy atom. The number of hydrogen-bond donors (Lipinski definition) is 2. The molecule has 0 aliphatic rings. The van der Waals surface area contributed by atoms with Gasteiger partial charge < -0.3 is 10.2 Å². The lowest BCUT2D eigenvalue weighted by Gasteiger charge is -2.26. The maximum Gasteiger partial charge on any atom is 0.339 e. The highest BCUT2D eigenvalue weighted by atomic mass is 16.4. The summed E-state index contributed by atoms with van der Waals surface area (Å²) < 4.78 is 0. The lowest BCUT2D eigenvalue weighted by atomic mass is 9.79. The van der Waals surface area contributed by atoms with E-state index in [0.717, 1.165) is 31.2 Å². The number of unbranched alkanes of at least 4 members (excludes halogenated alkanes) is 2. The molecule has 0 spiro atoms. The summed E-state index contributed by atoms with van der Waals surface area (Å²) in [5.41, 5.74) is 0.500. The quantitative estimate of drug-likeness (QED) is 0.752. The predicted molar refractivity (Wildman–Crippen MR) is 72.2 cm³/mol. The Hall–Kier alpha value is -1.51. The zero-order valence-corrected chi connectivity index (χ0v) is 11.4. The summed E-state index contributed by atoms with van der Waals surface area (Å²) in [5.74, 6) is -1.18. The molecule has 0 bridgehead atoms. The van der Waals surface area contributed by atoms with Gasteiger partial charge in [-0.1, -0.05) is 52.2 Å². The van der Waals surface area contributed by atoms with Crippen LogP contribution in [0, 0.1) is 0 Å². The third-order valence-corrected chi connectivity index (χ3v) is 3.40. The van der Waals surface area contributed by atoms with Gasteiger partial charge in [-0.15, -0.1) is 0 Å². The molecule has 0 fully saturated rings. The second kappa shape index (κ2) is 5.89. The van der Waals surface area contributed by atoms with Crippen molar-refractivity contribution in [1.29, 1.82) is 0 Å². The third-order valence-electron chi connectivity index (χ3n) is 3.40. The Labute approximate surface area is 108 Å². The van der Waals surface area contributed by atoms with Crippen molar-refractivity contribution in [2.45, 2.75) is 51.9 Å². The van der Waals surface area contributed by atoms with Gasteiger partial charge in [-0.25, -0.2) is 4.79 Å². The summed E-state index contributed by atoms with van der Waals surface area (Å²) in [6.45, 7) is 6.24. The lowest BCUT2D eigenvalue weighted by molar-refractivity contribution is 0.0693. The third kappa shape index (κ3) is 3.25. The topological polar surface area (TPSA) is 57.5 Å². The molecule has 0 heterocycles. The minimum atomic E-state index is -1.08. The molecule has 3 heteroatoms. The van der Waals surface area contributed by atoms with Crippen LogP contribution >= 0.6 is 0 Å². The van der Waals surface area contributed by atoms with Gasteiger partial charge in [-0.3, -0.25) is 0 Å². The number of para-hydroxylation sites is 1. The van der Waals surface area contributed by atoms with Gasteiger partial charge in [0.1, 0.15) is 11.3 Å². The van der Waals surface area contributed by atoms with Crippen molar-refractivity contribution in [2.24, 2.45) is 0 Å². The standard InChI is InChI=1S/C15H22O3/c1-4-5-6-10-15(2,3)12-9-7-8-11(13(12)16)14(17)18/h7-9,16H,4-6,10H2,1-3H3,(H,17,18). The van der Waals surface area contributed by atoms with Gasteiger partial charge in [-0.05, 0) is 17.9 Å². The SMILES string of the molecule is CCCCCC(C)(C)c1cccc(C(=O)O)c1O. The molecule has 0 radical (unpaired) electrons. The molecule has 0 atom stereocenters. The largest absolute Gasteiger partial charge is 0.507 e. The van der Waals surface area contributed by atoms with E-state index in [4.69, 9.17) is 5.11 Å².